The number of nitrogens with zero attached hydrogens (tertiary/aromatic N) is 2. The molecule has 0 radical (unpaired) electrons. The van der Waals surface area contributed by atoms with E-state index in [2.05, 4.69) is 21.0 Å². The molecule has 0 aliphatic rings. The van der Waals surface area contributed by atoms with Gasteiger partial charge in [-0.25, -0.2) is 4.79 Å². The van der Waals surface area contributed by atoms with Crippen molar-refractivity contribution < 1.29 is 9.59 Å². The van der Waals surface area contributed by atoms with Gasteiger partial charge in [0.15, 0.2) is 0 Å². The molecule has 0 saturated carbocycles. The fourth-order valence-electron chi connectivity index (χ4n) is 1.35. The Morgan fingerprint density at radius 3 is 2.78 bits per heavy atom. The van der Waals surface area contributed by atoms with Crippen LogP contribution in [0.3, 0.4) is 0 Å². The molecule has 100 valence electrons. The molecule has 1 heterocycles. The van der Waals surface area contributed by atoms with Crippen LogP contribution in [-0.4, -0.2) is 34.3 Å². The molecule has 1 rings (SSSR count). The Balaban J connectivity index is 2.33. The number of carbonyl (C=O) groups excluding carboxylic acids is 2. The van der Waals surface area contributed by atoms with Gasteiger partial charge in [-0.05, 0) is 13.8 Å². The van der Waals surface area contributed by atoms with Crippen LogP contribution in [0.5, 0.6) is 0 Å². The number of hydrogen-bond acceptors (Lipinski definition) is 4. The molecule has 0 aromatic carbocycles. The van der Waals surface area contributed by atoms with Crippen LogP contribution in [-0.2, 0) is 18.4 Å². The predicted molar refractivity (Wildman–Crippen MR) is 66.7 cm³/mol. The second-order valence-electron chi connectivity index (χ2n) is 3.97. The topological polar surface area (TPSA) is 88.1 Å². The lowest BCUT2D eigenvalue weighted by Crippen LogP contribution is -2.47. The highest BCUT2D eigenvalue weighted by atomic mass is 16.2. The number of carbonyl (C=O) groups is 2. The van der Waals surface area contributed by atoms with Gasteiger partial charge in [0.05, 0.1) is 12.2 Å². The minimum absolute atomic E-state index is 0.357. The molecular formula is C11H19N5O2. The number of imide groups is 1. The number of rotatable bonds is 5. The fraction of sp³-hybridized carbons (Fsp3) is 0.545. The van der Waals surface area contributed by atoms with Gasteiger partial charge in [0.1, 0.15) is 0 Å². The van der Waals surface area contributed by atoms with Crippen molar-refractivity contribution in [1.82, 2.24) is 25.7 Å². The molecule has 1 atom stereocenters. The molecule has 0 fully saturated rings. The van der Waals surface area contributed by atoms with Crippen LogP contribution in [0.1, 0.15) is 19.4 Å². The molecule has 1 unspecified atom stereocenters. The highest BCUT2D eigenvalue weighted by molar-refractivity contribution is 5.96. The van der Waals surface area contributed by atoms with Gasteiger partial charge in [-0.3, -0.25) is 14.8 Å². The van der Waals surface area contributed by atoms with Crippen molar-refractivity contribution in [3.63, 3.8) is 0 Å². The van der Waals surface area contributed by atoms with Crippen LogP contribution >= 0.6 is 0 Å². The summed E-state index contributed by atoms with van der Waals surface area (Å²) in [7, 11) is 1.83. The smallest absolute Gasteiger partial charge is 0.321 e. The van der Waals surface area contributed by atoms with Crippen molar-refractivity contribution in [2.75, 3.05) is 6.54 Å². The number of aromatic nitrogens is 2. The summed E-state index contributed by atoms with van der Waals surface area (Å²) in [4.78, 5) is 22.8. The quantitative estimate of drug-likeness (QED) is 0.675. The molecule has 1 aromatic heterocycles. The first-order valence-electron chi connectivity index (χ1n) is 5.82. The molecular weight excluding hydrogens is 234 g/mol. The summed E-state index contributed by atoms with van der Waals surface area (Å²) in [5, 5.41) is 11.8. The summed E-state index contributed by atoms with van der Waals surface area (Å²) in [6.07, 6.45) is 3.59. The first-order chi connectivity index (χ1) is 8.52. The van der Waals surface area contributed by atoms with Crippen molar-refractivity contribution in [3.05, 3.63) is 18.0 Å². The molecule has 0 bridgehead atoms. The third-order valence-corrected chi connectivity index (χ3v) is 2.34. The van der Waals surface area contributed by atoms with E-state index in [1.807, 2.05) is 13.2 Å². The summed E-state index contributed by atoms with van der Waals surface area (Å²) < 4.78 is 1.69. The molecule has 3 amide bonds. The average molecular weight is 253 g/mol. The Kier molecular flexibility index (Phi) is 5.31. The largest absolute Gasteiger partial charge is 0.338 e. The Hall–Kier alpha value is -1.89. The van der Waals surface area contributed by atoms with Gasteiger partial charge < -0.3 is 10.6 Å². The van der Waals surface area contributed by atoms with E-state index in [1.165, 1.54) is 0 Å². The van der Waals surface area contributed by atoms with Gasteiger partial charge in [-0.15, -0.1) is 0 Å². The average Bonchev–Trinajstić information content (AvgIpc) is 2.72. The second kappa shape index (κ2) is 6.75. The van der Waals surface area contributed by atoms with Gasteiger partial charge in [-0.1, -0.05) is 0 Å². The van der Waals surface area contributed by atoms with E-state index in [-0.39, 0.29) is 5.91 Å². The minimum Gasteiger partial charge on any atom is -0.338 e. The van der Waals surface area contributed by atoms with Gasteiger partial charge in [-0.2, -0.15) is 5.10 Å². The summed E-state index contributed by atoms with van der Waals surface area (Å²) in [5.74, 6) is -0.357. The van der Waals surface area contributed by atoms with E-state index in [0.717, 1.165) is 5.56 Å². The van der Waals surface area contributed by atoms with Gasteiger partial charge in [0.25, 0.3) is 0 Å². The molecule has 0 saturated heterocycles. The Morgan fingerprint density at radius 1 is 1.50 bits per heavy atom. The van der Waals surface area contributed by atoms with Crippen molar-refractivity contribution in [2.24, 2.45) is 7.05 Å². The summed E-state index contributed by atoms with van der Waals surface area (Å²) in [6, 6.07) is -0.926. The summed E-state index contributed by atoms with van der Waals surface area (Å²) in [5.41, 5.74) is 0.982. The maximum Gasteiger partial charge on any atom is 0.321 e. The number of nitrogens with one attached hydrogen (secondary N) is 3. The zero-order chi connectivity index (χ0) is 13.5. The minimum atomic E-state index is -0.475. The Labute approximate surface area is 106 Å². The first-order valence-corrected chi connectivity index (χ1v) is 5.82. The molecule has 7 nitrogen and oxygen atoms in total. The van der Waals surface area contributed by atoms with Crippen LogP contribution in [0.4, 0.5) is 4.79 Å². The highest BCUT2D eigenvalue weighted by Gasteiger charge is 2.14. The van der Waals surface area contributed by atoms with E-state index in [1.54, 1.807) is 24.7 Å². The Morgan fingerprint density at radius 2 is 2.22 bits per heavy atom. The number of hydrogen-bond donors (Lipinski definition) is 3. The molecule has 7 heteroatoms. The van der Waals surface area contributed by atoms with E-state index < -0.39 is 12.1 Å². The Bertz CT molecular complexity index is 415. The molecule has 0 aliphatic heterocycles. The number of amides is 3. The molecule has 1 aromatic rings. The van der Waals surface area contributed by atoms with E-state index in [9.17, 15) is 9.59 Å². The van der Waals surface area contributed by atoms with Crippen LogP contribution in [0.2, 0.25) is 0 Å². The van der Waals surface area contributed by atoms with E-state index >= 15 is 0 Å². The lowest BCUT2D eigenvalue weighted by Gasteiger charge is -2.12. The van der Waals surface area contributed by atoms with Gasteiger partial charge in [0, 0.05) is 31.9 Å². The normalized spacial score (nSPS) is 11.9. The van der Waals surface area contributed by atoms with Gasteiger partial charge in [0.2, 0.25) is 5.91 Å². The molecule has 18 heavy (non-hydrogen) atoms. The molecule has 0 spiro atoms. The zero-order valence-corrected chi connectivity index (χ0v) is 10.9. The van der Waals surface area contributed by atoms with Gasteiger partial charge >= 0.3 is 6.03 Å². The third-order valence-electron chi connectivity index (χ3n) is 2.34. The lowest BCUT2D eigenvalue weighted by atomic mass is 10.3. The zero-order valence-electron chi connectivity index (χ0n) is 10.9. The molecule has 0 aliphatic carbocycles. The predicted octanol–water partition coefficient (Wildman–Crippen LogP) is -0.256. The van der Waals surface area contributed by atoms with Crippen LogP contribution in [0, 0.1) is 0 Å². The molecule has 3 N–H and O–H groups in total. The maximum atomic E-state index is 11.6. The summed E-state index contributed by atoms with van der Waals surface area (Å²) >= 11 is 0. The number of urea groups is 1. The van der Waals surface area contributed by atoms with E-state index in [4.69, 9.17) is 0 Å². The fourth-order valence-corrected chi connectivity index (χ4v) is 1.35. The van der Waals surface area contributed by atoms with Crippen molar-refractivity contribution in [2.45, 2.75) is 26.4 Å². The summed E-state index contributed by atoms with van der Waals surface area (Å²) in [6.45, 7) is 4.49. The van der Waals surface area contributed by atoms with Crippen molar-refractivity contribution in [1.29, 1.82) is 0 Å². The van der Waals surface area contributed by atoms with E-state index in [0.29, 0.717) is 13.1 Å². The van der Waals surface area contributed by atoms with Crippen LogP contribution in [0.15, 0.2) is 12.4 Å². The lowest BCUT2D eigenvalue weighted by molar-refractivity contribution is -0.121. The van der Waals surface area contributed by atoms with Crippen molar-refractivity contribution >= 4 is 11.9 Å². The van der Waals surface area contributed by atoms with Crippen LogP contribution < -0.4 is 16.0 Å². The standard InChI is InChI=1S/C11H19N5O2/c1-4-12-11(18)15-10(17)8(2)13-5-9-6-14-16(3)7-9/h6-8,13H,4-5H2,1-3H3,(H2,12,15,17,18). The first kappa shape index (κ1) is 14.2. The number of aryl methyl sites for hydroxylation is 1. The van der Waals surface area contributed by atoms with Crippen LogP contribution in [0.25, 0.3) is 0 Å². The monoisotopic (exact) mass is 253 g/mol. The maximum absolute atomic E-state index is 11.6. The third kappa shape index (κ3) is 4.54. The SMILES string of the molecule is CCNC(=O)NC(=O)C(C)NCc1cnn(C)c1. The van der Waals surface area contributed by atoms with Crippen molar-refractivity contribution in [3.8, 4) is 0 Å². The highest BCUT2D eigenvalue weighted by Crippen LogP contribution is 1.96. The second-order valence-corrected chi connectivity index (χ2v) is 3.97.